The van der Waals surface area contributed by atoms with Crippen LogP contribution in [0.3, 0.4) is 0 Å². The van der Waals surface area contributed by atoms with Gasteiger partial charge in [-0.1, -0.05) is 18.2 Å². The number of anilines is 1. The SMILES string of the molecule is O=C(O)c1ccccc1NS(=O)(=O)/C=C/c1ccc(OC(F)(F)F)c(OC(F)(F)F)c1. The number of carboxylic acid groups (broad SMARTS) is 1. The molecule has 0 bridgehead atoms. The van der Waals surface area contributed by atoms with Crippen molar-refractivity contribution < 1.29 is 54.1 Å². The van der Waals surface area contributed by atoms with Gasteiger partial charge in [0.25, 0.3) is 10.0 Å². The van der Waals surface area contributed by atoms with E-state index in [1.54, 1.807) is 0 Å². The summed E-state index contributed by atoms with van der Waals surface area (Å²) in [6.07, 6.45) is -9.89. The highest BCUT2D eigenvalue weighted by Crippen LogP contribution is 2.36. The number of nitrogens with one attached hydrogen (secondary N) is 1. The zero-order valence-electron chi connectivity index (χ0n) is 14.9. The molecule has 2 aromatic carbocycles. The van der Waals surface area contributed by atoms with E-state index in [9.17, 15) is 39.6 Å². The molecule has 168 valence electrons. The van der Waals surface area contributed by atoms with Gasteiger partial charge < -0.3 is 14.6 Å². The smallest absolute Gasteiger partial charge is 0.478 e. The Hall–Kier alpha value is -3.42. The molecule has 0 atom stereocenters. The summed E-state index contributed by atoms with van der Waals surface area (Å²) in [5.41, 5.74) is -0.936. The number of carboxylic acids is 1. The second-order valence-electron chi connectivity index (χ2n) is 5.60. The van der Waals surface area contributed by atoms with Gasteiger partial charge in [-0.15, -0.1) is 26.3 Å². The minimum Gasteiger partial charge on any atom is -0.478 e. The minimum absolute atomic E-state index is 0.283. The van der Waals surface area contributed by atoms with E-state index in [2.05, 4.69) is 9.47 Å². The Morgan fingerprint density at radius 2 is 1.52 bits per heavy atom. The number of alkyl halides is 6. The van der Waals surface area contributed by atoms with Crippen LogP contribution in [0.25, 0.3) is 6.08 Å². The van der Waals surface area contributed by atoms with Crippen LogP contribution in [0, 0.1) is 0 Å². The van der Waals surface area contributed by atoms with E-state index in [-0.39, 0.29) is 16.8 Å². The van der Waals surface area contributed by atoms with Gasteiger partial charge in [-0.3, -0.25) is 4.72 Å². The van der Waals surface area contributed by atoms with Crippen molar-refractivity contribution in [2.45, 2.75) is 12.7 Å². The third kappa shape index (κ3) is 7.73. The molecule has 0 heterocycles. The number of carbonyl (C=O) groups is 1. The highest BCUT2D eigenvalue weighted by Gasteiger charge is 2.36. The molecule has 0 saturated heterocycles. The lowest BCUT2D eigenvalue weighted by Gasteiger charge is -2.15. The fourth-order valence-corrected chi connectivity index (χ4v) is 3.04. The second kappa shape index (κ2) is 8.75. The topological polar surface area (TPSA) is 102 Å². The third-order valence-corrected chi connectivity index (χ3v) is 4.27. The highest BCUT2D eigenvalue weighted by atomic mass is 32.2. The zero-order valence-corrected chi connectivity index (χ0v) is 15.7. The molecule has 2 rings (SSSR count). The van der Waals surface area contributed by atoms with Gasteiger partial charge in [0.05, 0.1) is 16.7 Å². The summed E-state index contributed by atoms with van der Waals surface area (Å²) >= 11 is 0. The first-order valence-corrected chi connectivity index (χ1v) is 9.38. The molecule has 0 fully saturated rings. The maximum absolute atomic E-state index is 12.5. The number of ether oxygens (including phenoxy) is 2. The number of rotatable bonds is 7. The molecule has 0 amide bonds. The van der Waals surface area contributed by atoms with E-state index in [0.29, 0.717) is 17.5 Å². The van der Waals surface area contributed by atoms with Crippen molar-refractivity contribution in [3.05, 3.63) is 59.0 Å². The number of aromatic carboxylic acids is 1. The number of para-hydroxylation sites is 1. The fraction of sp³-hybridized carbons (Fsp3) is 0.118. The molecule has 2 aromatic rings. The quantitative estimate of drug-likeness (QED) is 0.573. The normalized spacial score (nSPS) is 12.6. The first kappa shape index (κ1) is 23.9. The maximum atomic E-state index is 12.5. The molecule has 0 aliphatic rings. The lowest BCUT2D eigenvalue weighted by atomic mass is 10.2. The van der Waals surface area contributed by atoms with E-state index in [1.165, 1.54) is 12.1 Å². The second-order valence-corrected chi connectivity index (χ2v) is 7.17. The monoisotopic (exact) mass is 471 g/mol. The van der Waals surface area contributed by atoms with Gasteiger partial charge in [0.2, 0.25) is 0 Å². The Morgan fingerprint density at radius 1 is 0.935 bits per heavy atom. The Balaban J connectivity index is 2.32. The van der Waals surface area contributed by atoms with E-state index < -0.39 is 40.2 Å². The van der Waals surface area contributed by atoms with Gasteiger partial charge in [0.1, 0.15) is 0 Å². The first-order valence-electron chi connectivity index (χ1n) is 7.84. The highest BCUT2D eigenvalue weighted by molar-refractivity contribution is 7.95. The lowest BCUT2D eigenvalue weighted by molar-refractivity contribution is -0.287. The molecule has 0 spiro atoms. The van der Waals surface area contributed by atoms with Crippen LogP contribution in [-0.4, -0.2) is 32.2 Å². The maximum Gasteiger partial charge on any atom is 0.573 e. The number of hydrogen-bond acceptors (Lipinski definition) is 5. The Labute approximate surface area is 170 Å². The van der Waals surface area contributed by atoms with Crippen LogP contribution in [-0.2, 0) is 10.0 Å². The summed E-state index contributed by atoms with van der Waals surface area (Å²) in [5, 5.41) is 9.52. The molecule has 7 nitrogen and oxygen atoms in total. The molecule has 0 aliphatic heterocycles. The molecule has 31 heavy (non-hydrogen) atoms. The molecule has 2 N–H and O–H groups in total. The van der Waals surface area contributed by atoms with E-state index in [0.717, 1.165) is 24.3 Å². The fourth-order valence-electron chi connectivity index (χ4n) is 2.16. The molecule has 0 aromatic heterocycles. The average Bonchev–Trinajstić information content (AvgIpc) is 2.59. The molecule has 0 aliphatic carbocycles. The number of halogens is 6. The van der Waals surface area contributed by atoms with E-state index >= 15 is 0 Å². The predicted octanol–water partition coefficient (Wildman–Crippen LogP) is 4.59. The van der Waals surface area contributed by atoms with Crippen LogP contribution in [0.2, 0.25) is 0 Å². The molecule has 0 saturated carbocycles. The lowest BCUT2D eigenvalue weighted by Crippen LogP contribution is -2.21. The van der Waals surface area contributed by atoms with Gasteiger partial charge in [0, 0.05) is 0 Å². The number of benzene rings is 2. The molecule has 0 radical (unpaired) electrons. The Bertz CT molecular complexity index is 1100. The van der Waals surface area contributed by atoms with E-state index in [1.807, 2.05) is 4.72 Å². The largest absolute Gasteiger partial charge is 0.573 e. The summed E-state index contributed by atoms with van der Waals surface area (Å²) in [6.45, 7) is 0. The van der Waals surface area contributed by atoms with Crippen LogP contribution in [0.4, 0.5) is 32.0 Å². The summed E-state index contributed by atoms with van der Waals surface area (Å²) < 4.78 is 108. The third-order valence-electron chi connectivity index (χ3n) is 3.27. The Kier molecular flexibility index (Phi) is 6.73. The van der Waals surface area contributed by atoms with Gasteiger partial charge >= 0.3 is 18.7 Å². The van der Waals surface area contributed by atoms with Gasteiger partial charge in [-0.25, -0.2) is 13.2 Å². The molecule has 0 unspecified atom stereocenters. The van der Waals surface area contributed by atoms with Crippen molar-refractivity contribution in [1.29, 1.82) is 0 Å². The summed E-state index contributed by atoms with van der Waals surface area (Å²) in [4.78, 5) is 11.1. The van der Waals surface area contributed by atoms with Crippen molar-refractivity contribution >= 4 is 27.8 Å². The van der Waals surface area contributed by atoms with Crippen LogP contribution in [0.1, 0.15) is 15.9 Å². The Morgan fingerprint density at radius 3 is 2.10 bits per heavy atom. The first-order chi connectivity index (χ1) is 14.2. The predicted molar refractivity (Wildman–Crippen MR) is 94.8 cm³/mol. The number of sulfonamides is 1. The molecule has 14 heteroatoms. The van der Waals surface area contributed by atoms with E-state index in [4.69, 9.17) is 5.11 Å². The summed E-state index contributed by atoms with van der Waals surface area (Å²) in [7, 11) is -4.34. The van der Waals surface area contributed by atoms with Crippen LogP contribution in [0.5, 0.6) is 11.5 Å². The van der Waals surface area contributed by atoms with Crippen molar-refractivity contribution in [1.82, 2.24) is 0 Å². The van der Waals surface area contributed by atoms with Crippen molar-refractivity contribution in [2.75, 3.05) is 4.72 Å². The average molecular weight is 471 g/mol. The van der Waals surface area contributed by atoms with Crippen LogP contribution >= 0.6 is 0 Å². The van der Waals surface area contributed by atoms with Crippen LogP contribution in [0.15, 0.2) is 47.9 Å². The van der Waals surface area contributed by atoms with Gasteiger partial charge in [-0.05, 0) is 35.9 Å². The standard InChI is InChI=1S/C17H11F6NO6S/c18-16(19,20)29-13-6-5-10(9-14(13)30-17(21,22)23)7-8-31(27,28)24-12-4-2-1-3-11(12)15(25)26/h1-9,24H,(H,25,26)/b8-7+. The van der Waals surface area contributed by atoms with Crippen LogP contribution < -0.4 is 14.2 Å². The van der Waals surface area contributed by atoms with Crippen molar-refractivity contribution in [2.24, 2.45) is 0 Å². The molecular formula is C17H11F6NO6S. The minimum atomic E-state index is -5.35. The summed E-state index contributed by atoms with van der Waals surface area (Å²) in [5.74, 6) is -4.07. The zero-order chi connectivity index (χ0) is 23.4. The van der Waals surface area contributed by atoms with Crippen molar-refractivity contribution in [3.63, 3.8) is 0 Å². The summed E-state index contributed by atoms with van der Waals surface area (Å²) in [6, 6.07) is 6.83. The number of hydrogen-bond donors (Lipinski definition) is 2. The molecular weight excluding hydrogens is 460 g/mol. The van der Waals surface area contributed by atoms with Gasteiger partial charge in [-0.2, -0.15) is 0 Å². The van der Waals surface area contributed by atoms with Crippen molar-refractivity contribution in [3.8, 4) is 11.5 Å². The van der Waals surface area contributed by atoms with Gasteiger partial charge in [0.15, 0.2) is 11.5 Å².